The van der Waals surface area contributed by atoms with Crippen LogP contribution < -0.4 is 4.74 Å². The molecule has 0 saturated carbocycles. The second kappa shape index (κ2) is 7.53. The Kier molecular flexibility index (Phi) is 5.20. The Labute approximate surface area is 146 Å². The summed E-state index contributed by atoms with van der Waals surface area (Å²) in [5.74, 6) is 3.28. The van der Waals surface area contributed by atoms with Crippen molar-refractivity contribution in [2.24, 2.45) is 5.92 Å². The molecule has 24 heavy (non-hydrogen) atoms. The number of aromatic nitrogens is 3. The lowest BCUT2D eigenvalue weighted by molar-refractivity contribution is 0.415. The van der Waals surface area contributed by atoms with Gasteiger partial charge in [-0.2, -0.15) is 0 Å². The van der Waals surface area contributed by atoms with E-state index in [1.54, 1.807) is 18.9 Å². The van der Waals surface area contributed by atoms with E-state index in [2.05, 4.69) is 40.7 Å². The number of thioether (sulfide) groups is 1. The third kappa shape index (κ3) is 3.62. The SMILES string of the molecule is COc1ccc(-c2nnc(SCC(C)C)n2-c2ccccc2)cc1. The minimum absolute atomic E-state index is 0.598. The highest BCUT2D eigenvalue weighted by atomic mass is 32.2. The highest BCUT2D eigenvalue weighted by molar-refractivity contribution is 7.99. The molecule has 2 aromatic carbocycles. The molecular weight excluding hydrogens is 318 g/mol. The van der Waals surface area contributed by atoms with Gasteiger partial charge in [0.1, 0.15) is 5.75 Å². The van der Waals surface area contributed by atoms with E-state index in [-0.39, 0.29) is 0 Å². The molecule has 1 heterocycles. The van der Waals surface area contributed by atoms with Crippen molar-refractivity contribution in [3.05, 3.63) is 54.6 Å². The zero-order chi connectivity index (χ0) is 16.9. The maximum atomic E-state index is 5.24. The third-order valence-corrected chi connectivity index (χ3v) is 4.90. The predicted octanol–water partition coefficient (Wildman–Crippen LogP) is 4.69. The zero-order valence-electron chi connectivity index (χ0n) is 14.1. The quantitative estimate of drug-likeness (QED) is 0.611. The number of hydrogen-bond acceptors (Lipinski definition) is 4. The highest BCUT2D eigenvalue weighted by Crippen LogP contribution is 2.29. The standard InChI is InChI=1S/C19H21N3OS/c1-14(2)13-24-19-21-20-18(15-9-11-17(23-3)12-10-15)22(19)16-7-5-4-6-8-16/h4-12,14H,13H2,1-3H3. The van der Waals surface area contributed by atoms with Gasteiger partial charge >= 0.3 is 0 Å². The average Bonchev–Trinajstić information content (AvgIpc) is 3.04. The van der Waals surface area contributed by atoms with Crippen molar-refractivity contribution in [2.45, 2.75) is 19.0 Å². The van der Waals surface area contributed by atoms with Crippen molar-refractivity contribution >= 4 is 11.8 Å². The Balaban J connectivity index is 2.05. The van der Waals surface area contributed by atoms with Crippen LogP contribution in [-0.2, 0) is 0 Å². The van der Waals surface area contributed by atoms with Gasteiger partial charge in [0.25, 0.3) is 0 Å². The van der Waals surface area contributed by atoms with Crippen LogP contribution in [0.25, 0.3) is 17.1 Å². The molecule has 3 aromatic rings. The summed E-state index contributed by atoms with van der Waals surface area (Å²) >= 11 is 1.74. The second-order valence-corrected chi connectivity index (χ2v) is 6.90. The first kappa shape index (κ1) is 16.6. The van der Waals surface area contributed by atoms with E-state index in [0.29, 0.717) is 5.92 Å². The lowest BCUT2D eigenvalue weighted by atomic mass is 10.2. The molecule has 5 heteroatoms. The van der Waals surface area contributed by atoms with Crippen LogP contribution >= 0.6 is 11.8 Å². The largest absolute Gasteiger partial charge is 0.497 e. The summed E-state index contributed by atoms with van der Waals surface area (Å²) < 4.78 is 7.36. The lowest BCUT2D eigenvalue weighted by Crippen LogP contribution is -2.01. The van der Waals surface area contributed by atoms with Crippen molar-refractivity contribution in [1.82, 2.24) is 14.8 Å². The second-order valence-electron chi connectivity index (χ2n) is 5.91. The molecule has 124 valence electrons. The first-order valence-electron chi connectivity index (χ1n) is 7.97. The first-order chi connectivity index (χ1) is 11.7. The van der Waals surface area contributed by atoms with Crippen LogP contribution in [0.4, 0.5) is 0 Å². The van der Waals surface area contributed by atoms with Crippen molar-refractivity contribution in [1.29, 1.82) is 0 Å². The number of methoxy groups -OCH3 is 1. The summed E-state index contributed by atoms with van der Waals surface area (Å²) in [7, 11) is 1.67. The minimum atomic E-state index is 0.598. The predicted molar refractivity (Wildman–Crippen MR) is 98.9 cm³/mol. The van der Waals surface area contributed by atoms with Gasteiger partial charge < -0.3 is 4.74 Å². The molecule has 0 fully saturated rings. The third-order valence-electron chi connectivity index (χ3n) is 3.54. The molecule has 0 N–H and O–H groups in total. The fourth-order valence-electron chi connectivity index (χ4n) is 2.34. The minimum Gasteiger partial charge on any atom is -0.497 e. The summed E-state index contributed by atoms with van der Waals surface area (Å²) in [5, 5.41) is 9.79. The van der Waals surface area contributed by atoms with Crippen molar-refractivity contribution in [2.75, 3.05) is 12.9 Å². The smallest absolute Gasteiger partial charge is 0.196 e. The molecule has 0 aliphatic carbocycles. The molecule has 0 aliphatic heterocycles. The molecule has 0 atom stereocenters. The Hall–Kier alpha value is -2.27. The number of nitrogens with zero attached hydrogens (tertiary/aromatic N) is 3. The maximum absolute atomic E-state index is 5.24. The van der Waals surface area contributed by atoms with Crippen LogP contribution in [0.1, 0.15) is 13.8 Å². The summed E-state index contributed by atoms with van der Waals surface area (Å²) in [6, 6.07) is 18.2. The van der Waals surface area contributed by atoms with Crippen LogP contribution in [0.15, 0.2) is 59.8 Å². The Morgan fingerprint density at radius 1 is 1.00 bits per heavy atom. The molecule has 3 rings (SSSR count). The molecule has 0 spiro atoms. The van der Waals surface area contributed by atoms with Crippen LogP contribution in [0.3, 0.4) is 0 Å². The van der Waals surface area contributed by atoms with Crippen LogP contribution in [0.5, 0.6) is 5.75 Å². The van der Waals surface area contributed by atoms with E-state index in [1.165, 1.54) is 0 Å². The monoisotopic (exact) mass is 339 g/mol. The fourth-order valence-corrected chi connectivity index (χ4v) is 3.24. The number of para-hydroxylation sites is 1. The summed E-state index contributed by atoms with van der Waals surface area (Å²) in [6.07, 6.45) is 0. The lowest BCUT2D eigenvalue weighted by Gasteiger charge is -2.11. The Morgan fingerprint density at radius 2 is 1.71 bits per heavy atom. The van der Waals surface area contributed by atoms with Gasteiger partial charge in [-0.15, -0.1) is 10.2 Å². The number of hydrogen-bond donors (Lipinski definition) is 0. The highest BCUT2D eigenvalue weighted by Gasteiger charge is 2.16. The summed E-state index contributed by atoms with van der Waals surface area (Å²) in [5.41, 5.74) is 2.09. The summed E-state index contributed by atoms with van der Waals surface area (Å²) in [4.78, 5) is 0. The van der Waals surface area contributed by atoms with Crippen molar-refractivity contribution in [3.63, 3.8) is 0 Å². The first-order valence-corrected chi connectivity index (χ1v) is 8.95. The van der Waals surface area contributed by atoms with E-state index in [4.69, 9.17) is 4.74 Å². The van der Waals surface area contributed by atoms with E-state index in [1.807, 2.05) is 42.5 Å². The van der Waals surface area contributed by atoms with E-state index >= 15 is 0 Å². The maximum Gasteiger partial charge on any atom is 0.196 e. The van der Waals surface area contributed by atoms with E-state index in [0.717, 1.165) is 33.7 Å². The van der Waals surface area contributed by atoms with Gasteiger partial charge in [0, 0.05) is 17.0 Å². The fraction of sp³-hybridized carbons (Fsp3) is 0.263. The molecule has 0 radical (unpaired) electrons. The van der Waals surface area contributed by atoms with Gasteiger partial charge in [0.15, 0.2) is 11.0 Å². The average molecular weight is 339 g/mol. The zero-order valence-corrected chi connectivity index (χ0v) is 15.0. The van der Waals surface area contributed by atoms with Crippen LogP contribution in [0, 0.1) is 5.92 Å². The Bertz CT molecular complexity index is 782. The van der Waals surface area contributed by atoms with Gasteiger partial charge in [-0.25, -0.2) is 0 Å². The van der Waals surface area contributed by atoms with Crippen molar-refractivity contribution in [3.8, 4) is 22.8 Å². The van der Waals surface area contributed by atoms with Gasteiger partial charge in [0.2, 0.25) is 0 Å². The van der Waals surface area contributed by atoms with Crippen molar-refractivity contribution < 1.29 is 4.74 Å². The molecular formula is C19H21N3OS. The molecule has 0 unspecified atom stereocenters. The van der Waals surface area contributed by atoms with E-state index < -0.39 is 0 Å². The molecule has 0 saturated heterocycles. The number of rotatable bonds is 6. The number of ether oxygens (including phenoxy) is 1. The molecule has 1 aromatic heterocycles. The van der Waals surface area contributed by atoms with Gasteiger partial charge in [-0.05, 0) is 42.3 Å². The van der Waals surface area contributed by atoms with Gasteiger partial charge in [-0.1, -0.05) is 43.8 Å². The van der Waals surface area contributed by atoms with Gasteiger partial charge in [-0.3, -0.25) is 4.57 Å². The normalized spacial score (nSPS) is 11.0. The molecule has 0 amide bonds. The van der Waals surface area contributed by atoms with E-state index in [9.17, 15) is 0 Å². The number of benzene rings is 2. The van der Waals surface area contributed by atoms with Gasteiger partial charge in [0.05, 0.1) is 7.11 Å². The Morgan fingerprint density at radius 3 is 2.33 bits per heavy atom. The van der Waals surface area contributed by atoms with Crippen LogP contribution in [0.2, 0.25) is 0 Å². The topological polar surface area (TPSA) is 39.9 Å². The molecule has 0 aliphatic rings. The summed E-state index contributed by atoms with van der Waals surface area (Å²) in [6.45, 7) is 4.42. The van der Waals surface area contributed by atoms with Crippen LogP contribution in [-0.4, -0.2) is 27.6 Å². The molecule has 0 bridgehead atoms. The molecule has 4 nitrogen and oxygen atoms in total.